The van der Waals surface area contributed by atoms with Crippen molar-refractivity contribution in [3.8, 4) is 0 Å². The normalized spacial score (nSPS) is 12.1. The van der Waals surface area contributed by atoms with Gasteiger partial charge in [-0.15, -0.1) is 0 Å². The summed E-state index contributed by atoms with van der Waals surface area (Å²) in [5.74, 6) is 0.612. The first-order valence-corrected chi connectivity index (χ1v) is 6.28. The first-order chi connectivity index (χ1) is 7.47. The van der Waals surface area contributed by atoms with E-state index in [-0.39, 0.29) is 5.41 Å². The standard InChI is InChI=1S/C15H25N/c1-12(2)13-6-8-14(9-7-13)15(3,4)10-5-11-16/h6-9,12H,5,10-11,16H2,1-4H3. The van der Waals surface area contributed by atoms with E-state index in [0.717, 1.165) is 19.4 Å². The van der Waals surface area contributed by atoms with Gasteiger partial charge in [0, 0.05) is 0 Å². The van der Waals surface area contributed by atoms with Crippen molar-refractivity contribution in [3.05, 3.63) is 35.4 Å². The van der Waals surface area contributed by atoms with Gasteiger partial charge in [0.05, 0.1) is 0 Å². The van der Waals surface area contributed by atoms with Crippen LogP contribution in [0.3, 0.4) is 0 Å². The third-order valence-electron chi connectivity index (χ3n) is 3.36. The highest BCUT2D eigenvalue weighted by molar-refractivity contribution is 5.29. The van der Waals surface area contributed by atoms with Crippen molar-refractivity contribution in [2.24, 2.45) is 5.73 Å². The summed E-state index contributed by atoms with van der Waals surface area (Å²) in [5, 5.41) is 0. The summed E-state index contributed by atoms with van der Waals surface area (Å²) in [4.78, 5) is 0. The van der Waals surface area contributed by atoms with Gasteiger partial charge in [0.25, 0.3) is 0 Å². The van der Waals surface area contributed by atoms with Crippen molar-refractivity contribution in [2.75, 3.05) is 6.54 Å². The Morgan fingerprint density at radius 3 is 2.12 bits per heavy atom. The molecule has 0 fully saturated rings. The van der Waals surface area contributed by atoms with Gasteiger partial charge in [-0.05, 0) is 41.8 Å². The summed E-state index contributed by atoms with van der Waals surface area (Å²) < 4.78 is 0. The molecule has 0 aliphatic heterocycles. The molecule has 16 heavy (non-hydrogen) atoms. The molecule has 0 aliphatic carbocycles. The minimum absolute atomic E-state index is 0.245. The lowest BCUT2D eigenvalue weighted by Gasteiger charge is -2.25. The molecule has 0 atom stereocenters. The molecular weight excluding hydrogens is 194 g/mol. The third kappa shape index (κ3) is 3.34. The van der Waals surface area contributed by atoms with Crippen LogP contribution in [0.5, 0.6) is 0 Å². The van der Waals surface area contributed by atoms with Gasteiger partial charge < -0.3 is 5.73 Å². The summed E-state index contributed by atoms with van der Waals surface area (Å²) in [6.45, 7) is 9.84. The van der Waals surface area contributed by atoms with E-state index in [4.69, 9.17) is 5.73 Å². The topological polar surface area (TPSA) is 26.0 Å². The van der Waals surface area contributed by atoms with Crippen LogP contribution in [-0.4, -0.2) is 6.54 Å². The summed E-state index contributed by atoms with van der Waals surface area (Å²) >= 11 is 0. The number of benzene rings is 1. The van der Waals surface area contributed by atoms with E-state index in [0.29, 0.717) is 5.92 Å². The van der Waals surface area contributed by atoms with E-state index >= 15 is 0 Å². The molecule has 1 heteroatoms. The summed E-state index contributed by atoms with van der Waals surface area (Å²) in [6, 6.07) is 9.05. The fourth-order valence-corrected chi connectivity index (χ4v) is 2.01. The van der Waals surface area contributed by atoms with E-state index < -0.39 is 0 Å². The van der Waals surface area contributed by atoms with Gasteiger partial charge in [-0.3, -0.25) is 0 Å². The molecule has 1 aromatic carbocycles. The lowest BCUT2D eigenvalue weighted by molar-refractivity contribution is 0.464. The van der Waals surface area contributed by atoms with Gasteiger partial charge in [-0.1, -0.05) is 52.0 Å². The quantitative estimate of drug-likeness (QED) is 0.800. The van der Waals surface area contributed by atoms with Gasteiger partial charge in [0.1, 0.15) is 0 Å². The minimum atomic E-state index is 0.245. The molecule has 0 unspecified atom stereocenters. The predicted molar refractivity (Wildman–Crippen MR) is 71.8 cm³/mol. The molecule has 0 saturated heterocycles. The molecule has 0 saturated carbocycles. The molecule has 1 rings (SSSR count). The average Bonchev–Trinajstić information content (AvgIpc) is 2.26. The van der Waals surface area contributed by atoms with Crippen molar-refractivity contribution in [2.45, 2.75) is 51.9 Å². The molecule has 1 nitrogen and oxygen atoms in total. The van der Waals surface area contributed by atoms with E-state index in [9.17, 15) is 0 Å². The van der Waals surface area contributed by atoms with Crippen LogP contribution in [0.1, 0.15) is 57.6 Å². The molecule has 0 heterocycles. The van der Waals surface area contributed by atoms with Crippen molar-refractivity contribution >= 4 is 0 Å². The molecule has 0 aromatic heterocycles. The van der Waals surface area contributed by atoms with Gasteiger partial charge in [0.2, 0.25) is 0 Å². The fourth-order valence-electron chi connectivity index (χ4n) is 2.01. The molecule has 0 spiro atoms. The number of nitrogens with two attached hydrogens (primary N) is 1. The average molecular weight is 219 g/mol. The maximum atomic E-state index is 5.58. The van der Waals surface area contributed by atoms with Crippen LogP contribution in [0.4, 0.5) is 0 Å². The van der Waals surface area contributed by atoms with Crippen LogP contribution in [0.15, 0.2) is 24.3 Å². The maximum absolute atomic E-state index is 5.58. The van der Waals surface area contributed by atoms with Crippen molar-refractivity contribution in [1.29, 1.82) is 0 Å². The maximum Gasteiger partial charge on any atom is -0.00770 e. The largest absolute Gasteiger partial charge is 0.330 e. The van der Waals surface area contributed by atoms with Gasteiger partial charge in [-0.2, -0.15) is 0 Å². The monoisotopic (exact) mass is 219 g/mol. The van der Waals surface area contributed by atoms with Crippen LogP contribution in [0.2, 0.25) is 0 Å². The second-order valence-corrected chi connectivity index (χ2v) is 5.55. The van der Waals surface area contributed by atoms with E-state index in [1.54, 1.807) is 0 Å². The van der Waals surface area contributed by atoms with E-state index in [2.05, 4.69) is 52.0 Å². The Labute approximate surface area is 100 Å². The Kier molecular flexibility index (Phi) is 4.55. The lowest BCUT2D eigenvalue weighted by Crippen LogP contribution is -2.18. The Morgan fingerprint density at radius 2 is 1.69 bits per heavy atom. The van der Waals surface area contributed by atoms with Gasteiger partial charge >= 0.3 is 0 Å². The Bertz CT molecular complexity index is 309. The van der Waals surface area contributed by atoms with Crippen LogP contribution >= 0.6 is 0 Å². The first kappa shape index (κ1) is 13.2. The Balaban J connectivity index is 2.79. The fraction of sp³-hybridized carbons (Fsp3) is 0.600. The van der Waals surface area contributed by atoms with Crippen molar-refractivity contribution in [1.82, 2.24) is 0 Å². The van der Waals surface area contributed by atoms with E-state index in [1.165, 1.54) is 11.1 Å². The molecule has 0 radical (unpaired) electrons. The summed E-state index contributed by atoms with van der Waals surface area (Å²) in [6.07, 6.45) is 2.25. The Morgan fingerprint density at radius 1 is 1.12 bits per heavy atom. The number of hydrogen-bond acceptors (Lipinski definition) is 1. The number of rotatable bonds is 5. The highest BCUT2D eigenvalue weighted by atomic mass is 14.5. The molecule has 1 aromatic rings. The molecular formula is C15H25N. The molecule has 90 valence electrons. The van der Waals surface area contributed by atoms with Crippen LogP contribution in [-0.2, 0) is 5.41 Å². The smallest absolute Gasteiger partial charge is 0.00770 e. The zero-order valence-corrected chi connectivity index (χ0v) is 11.1. The van der Waals surface area contributed by atoms with Crippen molar-refractivity contribution in [3.63, 3.8) is 0 Å². The minimum Gasteiger partial charge on any atom is -0.330 e. The van der Waals surface area contributed by atoms with E-state index in [1.807, 2.05) is 0 Å². The molecule has 0 aliphatic rings. The first-order valence-electron chi connectivity index (χ1n) is 6.28. The second kappa shape index (κ2) is 5.49. The zero-order valence-electron chi connectivity index (χ0n) is 11.1. The molecule has 0 amide bonds. The SMILES string of the molecule is CC(C)c1ccc(C(C)(C)CCCN)cc1. The van der Waals surface area contributed by atoms with Gasteiger partial charge in [-0.25, -0.2) is 0 Å². The zero-order chi connectivity index (χ0) is 12.2. The second-order valence-electron chi connectivity index (χ2n) is 5.55. The highest BCUT2D eigenvalue weighted by Gasteiger charge is 2.19. The predicted octanol–water partition coefficient (Wildman–Crippen LogP) is 3.83. The summed E-state index contributed by atoms with van der Waals surface area (Å²) in [5.41, 5.74) is 8.66. The van der Waals surface area contributed by atoms with Crippen LogP contribution in [0, 0.1) is 0 Å². The van der Waals surface area contributed by atoms with Crippen molar-refractivity contribution < 1.29 is 0 Å². The third-order valence-corrected chi connectivity index (χ3v) is 3.36. The lowest BCUT2D eigenvalue weighted by atomic mass is 9.80. The van der Waals surface area contributed by atoms with Crippen LogP contribution in [0.25, 0.3) is 0 Å². The van der Waals surface area contributed by atoms with Gasteiger partial charge in [0.15, 0.2) is 0 Å². The summed E-state index contributed by atoms with van der Waals surface area (Å²) in [7, 11) is 0. The Hall–Kier alpha value is -0.820. The number of hydrogen-bond donors (Lipinski definition) is 1. The van der Waals surface area contributed by atoms with Crippen LogP contribution < -0.4 is 5.73 Å². The molecule has 0 bridgehead atoms. The molecule has 2 N–H and O–H groups in total. The highest BCUT2D eigenvalue weighted by Crippen LogP contribution is 2.29.